The first-order valence-electron chi connectivity index (χ1n) is 12.9. The average Bonchev–Trinajstić information content (AvgIpc) is 2.98. The predicted molar refractivity (Wildman–Crippen MR) is 155 cm³/mol. The number of nitrogens with zero attached hydrogens (tertiary/aromatic N) is 3. The maximum atomic E-state index is 13.6. The second-order valence-electron chi connectivity index (χ2n) is 9.44. The number of ether oxygens (including phenoxy) is 2. The van der Waals surface area contributed by atoms with E-state index in [0.29, 0.717) is 64.0 Å². The molecule has 1 N–H and O–H groups in total. The lowest BCUT2D eigenvalue weighted by molar-refractivity contribution is 0.0971. The summed E-state index contributed by atoms with van der Waals surface area (Å²) in [6, 6.07) is 18.6. The minimum atomic E-state index is -0.679. The van der Waals surface area contributed by atoms with E-state index in [9.17, 15) is 14.4 Å². The standard InChI is InChI=1S/C31H23ClN4O5/c1-40-20-8-10-22-25(15-20)33-13-12-28(22)41-21-9-11-29(34-17-21)35-30(38)24-16-23-26(6-3-7-27(23)37)36(31(24)39)19-5-2-4-18(32)14-19/h2,4-5,8-17H,3,6-7H2,1H3,(H,34,35,38). The quantitative estimate of drug-likeness (QED) is 0.268. The summed E-state index contributed by atoms with van der Waals surface area (Å²) >= 11 is 6.19. The normalized spacial score (nSPS) is 12.6. The van der Waals surface area contributed by atoms with Crippen LogP contribution in [-0.2, 0) is 6.42 Å². The van der Waals surface area contributed by atoms with Crippen LogP contribution in [0.25, 0.3) is 16.6 Å². The summed E-state index contributed by atoms with van der Waals surface area (Å²) in [5, 5.41) is 3.90. The number of ketones is 1. The number of carbonyl (C=O) groups is 2. The van der Waals surface area contributed by atoms with Crippen LogP contribution in [-0.4, -0.2) is 33.3 Å². The minimum absolute atomic E-state index is 0.113. The Bertz CT molecular complexity index is 1890. The molecule has 204 valence electrons. The zero-order valence-electron chi connectivity index (χ0n) is 21.9. The first-order valence-corrected chi connectivity index (χ1v) is 13.2. The number of rotatable bonds is 6. The zero-order valence-corrected chi connectivity index (χ0v) is 22.6. The fraction of sp³-hybridized carbons (Fsp3) is 0.129. The van der Waals surface area contributed by atoms with Crippen molar-refractivity contribution in [1.82, 2.24) is 14.5 Å². The molecule has 5 aromatic rings. The minimum Gasteiger partial charge on any atom is -0.497 e. The molecule has 1 aliphatic rings. The van der Waals surface area contributed by atoms with Gasteiger partial charge in [-0.2, -0.15) is 0 Å². The number of pyridine rings is 3. The maximum absolute atomic E-state index is 13.6. The molecule has 2 aromatic carbocycles. The second kappa shape index (κ2) is 10.9. The molecule has 0 spiro atoms. The van der Waals surface area contributed by atoms with Crippen molar-refractivity contribution < 1.29 is 19.1 Å². The molecule has 0 fully saturated rings. The van der Waals surface area contributed by atoms with Crippen molar-refractivity contribution in [2.24, 2.45) is 0 Å². The number of hydrogen-bond donors (Lipinski definition) is 1. The lowest BCUT2D eigenvalue weighted by atomic mass is 9.92. The van der Waals surface area contributed by atoms with E-state index in [1.807, 2.05) is 18.2 Å². The van der Waals surface area contributed by atoms with Gasteiger partial charge in [0.05, 0.1) is 24.5 Å². The number of anilines is 1. The molecular formula is C31H23ClN4O5. The molecule has 0 unspecified atom stereocenters. The molecule has 6 rings (SSSR count). The van der Waals surface area contributed by atoms with Gasteiger partial charge in [0.15, 0.2) is 5.78 Å². The molecule has 1 amide bonds. The van der Waals surface area contributed by atoms with E-state index in [1.165, 1.54) is 16.8 Å². The number of nitrogens with one attached hydrogen (secondary N) is 1. The number of aromatic nitrogens is 3. The molecule has 0 saturated heterocycles. The Morgan fingerprint density at radius 3 is 2.61 bits per heavy atom. The van der Waals surface area contributed by atoms with Crippen LogP contribution in [0.1, 0.15) is 39.3 Å². The highest BCUT2D eigenvalue weighted by atomic mass is 35.5. The third-order valence-electron chi connectivity index (χ3n) is 6.85. The first-order chi connectivity index (χ1) is 19.9. The Labute approximate surface area is 239 Å². The van der Waals surface area contributed by atoms with E-state index in [0.717, 1.165) is 5.39 Å². The Morgan fingerprint density at radius 2 is 1.83 bits per heavy atom. The van der Waals surface area contributed by atoms with E-state index >= 15 is 0 Å². The van der Waals surface area contributed by atoms with Gasteiger partial charge >= 0.3 is 0 Å². The Hall–Kier alpha value is -5.02. The summed E-state index contributed by atoms with van der Waals surface area (Å²) < 4.78 is 12.7. The fourth-order valence-corrected chi connectivity index (χ4v) is 5.07. The molecule has 3 heterocycles. The van der Waals surface area contributed by atoms with E-state index in [2.05, 4.69) is 15.3 Å². The van der Waals surface area contributed by atoms with Gasteiger partial charge in [-0.05, 0) is 67.4 Å². The lowest BCUT2D eigenvalue weighted by Crippen LogP contribution is -2.33. The van der Waals surface area contributed by atoms with Crippen molar-refractivity contribution in [3.8, 4) is 22.9 Å². The summed E-state index contributed by atoms with van der Waals surface area (Å²) in [4.78, 5) is 48.3. The van der Waals surface area contributed by atoms with Crippen molar-refractivity contribution >= 4 is 40.0 Å². The molecule has 1 aliphatic carbocycles. The van der Waals surface area contributed by atoms with Gasteiger partial charge in [0.25, 0.3) is 11.5 Å². The number of halogens is 1. The molecule has 10 heteroatoms. The number of carbonyl (C=O) groups excluding carboxylic acids is 2. The molecule has 0 aliphatic heterocycles. The third kappa shape index (κ3) is 5.15. The van der Waals surface area contributed by atoms with Crippen LogP contribution in [0, 0.1) is 0 Å². The van der Waals surface area contributed by atoms with Crippen molar-refractivity contribution in [2.45, 2.75) is 19.3 Å². The lowest BCUT2D eigenvalue weighted by Gasteiger charge is -2.21. The van der Waals surface area contributed by atoms with Crippen LogP contribution in [0.15, 0.2) is 83.9 Å². The van der Waals surface area contributed by atoms with Crippen LogP contribution in [0.3, 0.4) is 0 Å². The smallest absolute Gasteiger partial charge is 0.268 e. The van der Waals surface area contributed by atoms with Crippen molar-refractivity contribution in [3.63, 3.8) is 0 Å². The highest BCUT2D eigenvalue weighted by Crippen LogP contribution is 2.31. The Morgan fingerprint density at radius 1 is 0.976 bits per heavy atom. The first kappa shape index (κ1) is 26.2. The Kier molecular flexibility index (Phi) is 6.94. The van der Waals surface area contributed by atoms with Gasteiger partial charge in [-0.1, -0.05) is 17.7 Å². The van der Waals surface area contributed by atoms with Crippen molar-refractivity contribution in [2.75, 3.05) is 12.4 Å². The van der Waals surface area contributed by atoms with Crippen LogP contribution < -0.4 is 20.3 Å². The van der Waals surface area contributed by atoms with Gasteiger partial charge in [-0.15, -0.1) is 0 Å². The third-order valence-corrected chi connectivity index (χ3v) is 7.08. The van der Waals surface area contributed by atoms with Crippen molar-refractivity contribution in [1.29, 1.82) is 0 Å². The molecule has 41 heavy (non-hydrogen) atoms. The molecule has 0 bridgehead atoms. The van der Waals surface area contributed by atoms with E-state index in [-0.39, 0.29) is 17.2 Å². The molecular weight excluding hydrogens is 544 g/mol. The van der Waals surface area contributed by atoms with Gasteiger partial charge in [0.2, 0.25) is 0 Å². The van der Waals surface area contributed by atoms with E-state index in [1.54, 1.807) is 55.8 Å². The van der Waals surface area contributed by atoms with Crippen LogP contribution in [0.4, 0.5) is 5.82 Å². The molecule has 3 aromatic heterocycles. The summed E-state index contributed by atoms with van der Waals surface area (Å²) in [5.74, 6) is 1.13. The number of hydrogen-bond acceptors (Lipinski definition) is 7. The van der Waals surface area contributed by atoms with Crippen LogP contribution in [0.2, 0.25) is 5.02 Å². The monoisotopic (exact) mass is 566 g/mol. The highest BCUT2D eigenvalue weighted by molar-refractivity contribution is 6.30. The predicted octanol–water partition coefficient (Wildman–Crippen LogP) is 6.01. The topological polar surface area (TPSA) is 112 Å². The number of Topliss-reactive ketones (excluding diaryl/α,β-unsaturated/α-hetero) is 1. The van der Waals surface area contributed by atoms with Gasteiger partial charge < -0.3 is 14.8 Å². The van der Waals surface area contributed by atoms with E-state index < -0.39 is 11.5 Å². The molecule has 0 radical (unpaired) electrons. The van der Waals surface area contributed by atoms with Gasteiger partial charge in [0.1, 0.15) is 28.6 Å². The molecule has 0 atom stereocenters. The highest BCUT2D eigenvalue weighted by Gasteiger charge is 2.26. The van der Waals surface area contributed by atoms with Crippen LogP contribution in [0.5, 0.6) is 17.2 Å². The number of benzene rings is 2. The van der Waals surface area contributed by atoms with E-state index in [4.69, 9.17) is 21.1 Å². The number of amides is 1. The largest absolute Gasteiger partial charge is 0.497 e. The SMILES string of the molecule is COc1ccc2c(Oc3ccc(NC(=O)c4cc5c(n(-c6cccc(Cl)c6)c4=O)CCCC5=O)nc3)ccnc2c1. The van der Waals surface area contributed by atoms with Gasteiger partial charge in [-0.25, -0.2) is 4.98 Å². The number of fused-ring (bicyclic) bond motifs is 2. The van der Waals surface area contributed by atoms with Crippen molar-refractivity contribution in [3.05, 3.63) is 111 Å². The Balaban J connectivity index is 1.28. The maximum Gasteiger partial charge on any atom is 0.268 e. The van der Waals surface area contributed by atoms with Crippen LogP contribution >= 0.6 is 11.6 Å². The molecule has 9 nitrogen and oxygen atoms in total. The average molecular weight is 567 g/mol. The summed E-state index contributed by atoms with van der Waals surface area (Å²) in [5.41, 5.74) is 1.43. The summed E-state index contributed by atoms with van der Waals surface area (Å²) in [6.45, 7) is 0. The van der Waals surface area contributed by atoms with Gasteiger partial charge in [0, 0.05) is 40.4 Å². The fourth-order valence-electron chi connectivity index (χ4n) is 4.89. The van der Waals surface area contributed by atoms with Gasteiger partial charge in [-0.3, -0.25) is 23.9 Å². The number of methoxy groups -OCH3 is 1. The second-order valence-corrected chi connectivity index (χ2v) is 9.88. The molecule has 0 saturated carbocycles. The zero-order chi connectivity index (χ0) is 28.5. The summed E-state index contributed by atoms with van der Waals surface area (Å²) in [7, 11) is 1.59. The summed E-state index contributed by atoms with van der Waals surface area (Å²) in [6.07, 6.45) is 4.61.